The number of thiophene rings is 1. The number of nitrogens with zero attached hydrogens (tertiary/aromatic N) is 3. The van der Waals surface area contributed by atoms with Crippen LogP contribution in [0, 0.1) is 0 Å². The van der Waals surface area contributed by atoms with E-state index in [1.165, 1.54) is 11.3 Å². The van der Waals surface area contributed by atoms with Crippen molar-refractivity contribution in [3.05, 3.63) is 76.3 Å². The Hall–Kier alpha value is -3.36. The zero-order valence-corrected chi connectivity index (χ0v) is 23.7. The second-order valence-electron chi connectivity index (χ2n) is 11.2. The first kappa shape index (κ1) is 25.9. The number of carbonyl (C=O) groups is 1. The summed E-state index contributed by atoms with van der Waals surface area (Å²) in [6.07, 6.45) is 4.90. The van der Waals surface area contributed by atoms with E-state index in [0.29, 0.717) is 15.2 Å². The maximum absolute atomic E-state index is 13.3. The van der Waals surface area contributed by atoms with E-state index < -0.39 is 5.60 Å². The molecule has 202 valence electrons. The lowest BCUT2D eigenvalue weighted by atomic mass is 10.00. The third-order valence-electron chi connectivity index (χ3n) is 7.28. The van der Waals surface area contributed by atoms with Crippen LogP contribution in [0.2, 0.25) is 5.02 Å². The second-order valence-corrected chi connectivity index (χ2v) is 12.7. The van der Waals surface area contributed by atoms with Crippen molar-refractivity contribution in [2.75, 3.05) is 0 Å². The van der Waals surface area contributed by atoms with E-state index in [0.717, 1.165) is 47.6 Å². The van der Waals surface area contributed by atoms with Gasteiger partial charge in [0.2, 0.25) is 0 Å². The molecule has 1 amide bonds. The summed E-state index contributed by atoms with van der Waals surface area (Å²) in [7, 11) is 0. The van der Waals surface area contributed by atoms with Crippen molar-refractivity contribution in [1.82, 2.24) is 14.5 Å². The van der Waals surface area contributed by atoms with Crippen molar-refractivity contribution >= 4 is 39.2 Å². The van der Waals surface area contributed by atoms with Crippen LogP contribution in [0.15, 0.2) is 65.7 Å². The van der Waals surface area contributed by atoms with Crippen LogP contribution in [-0.2, 0) is 4.74 Å². The number of ether oxygens (including phenoxy) is 2. The van der Waals surface area contributed by atoms with Gasteiger partial charge in [-0.15, -0.1) is 11.3 Å². The minimum atomic E-state index is -0.504. The number of piperidine rings is 1. The zero-order chi connectivity index (χ0) is 27.3. The molecule has 0 N–H and O–H groups in total. The summed E-state index contributed by atoms with van der Waals surface area (Å²) in [5.74, 6) is 0.747. The summed E-state index contributed by atoms with van der Waals surface area (Å²) in [5, 5.41) is 0.673. The largest absolute Gasteiger partial charge is 0.490 e. The standard InChI is InChI=1S/C30H30ClN3O4S/c1-30(2,3)38-29(36)34-21-8-9-22(34)15-24(14-21)37-23-12-10-20(11-13-23)33-17-32-25-16-26(39-27(25)28(33)35)18-4-6-19(31)7-5-18/h4-7,10-13,16-17,21-22,24H,8-9,14-15H2,1-3H3. The maximum atomic E-state index is 13.3. The summed E-state index contributed by atoms with van der Waals surface area (Å²) in [6, 6.07) is 17.3. The van der Waals surface area contributed by atoms with Crippen LogP contribution >= 0.6 is 22.9 Å². The van der Waals surface area contributed by atoms with Crippen LogP contribution in [0.1, 0.15) is 46.5 Å². The summed E-state index contributed by atoms with van der Waals surface area (Å²) >= 11 is 7.45. The van der Waals surface area contributed by atoms with E-state index in [1.54, 1.807) is 10.9 Å². The summed E-state index contributed by atoms with van der Waals surface area (Å²) in [4.78, 5) is 33.5. The van der Waals surface area contributed by atoms with Gasteiger partial charge in [0.05, 0.1) is 11.2 Å². The fraction of sp³-hybridized carbons (Fsp3) is 0.367. The molecule has 0 saturated carbocycles. The molecule has 2 atom stereocenters. The topological polar surface area (TPSA) is 73.7 Å². The first-order valence-corrected chi connectivity index (χ1v) is 14.4. The van der Waals surface area contributed by atoms with Crippen molar-refractivity contribution in [1.29, 1.82) is 0 Å². The van der Waals surface area contributed by atoms with E-state index in [9.17, 15) is 9.59 Å². The van der Waals surface area contributed by atoms with Crippen molar-refractivity contribution in [2.24, 2.45) is 0 Å². The molecular formula is C30H30ClN3O4S. The Morgan fingerprint density at radius 3 is 2.33 bits per heavy atom. The molecule has 2 aromatic heterocycles. The first-order chi connectivity index (χ1) is 18.6. The molecule has 2 unspecified atom stereocenters. The first-order valence-electron chi connectivity index (χ1n) is 13.2. The van der Waals surface area contributed by atoms with E-state index in [4.69, 9.17) is 21.1 Å². The molecule has 0 aliphatic carbocycles. The fourth-order valence-corrected chi connectivity index (χ4v) is 6.74. The predicted octanol–water partition coefficient (Wildman–Crippen LogP) is 7.08. The highest BCUT2D eigenvalue weighted by Gasteiger charge is 2.45. The highest BCUT2D eigenvalue weighted by molar-refractivity contribution is 7.22. The highest BCUT2D eigenvalue weighted by Crippen LogP contribution is 2.38. The zero-order valence-electron chi connectivity index (χ0n) is 22.1. The number of carbonyl (C=O) groups excluding carboxylic acids is 1. The van der Waals surface area contributed by atoms with Crippen LogP contribution in [0.5, 0.6) is 5.75 Å². The SMILES string of the molecule is CC(C)(C)OC(=O)N1C2CCC1CC(Oc1ccc(-n3cnc4cc(-c5ccc(Cl)cc5)sc4c3=O)cc1)C2. The van der Waals surface area contributed by atoms with Crippen LogP contribution < -0.4 is 10.3 Å². The normalized spacial score (nSPS) is 20.8. The molecule has 2 aliphatic heterocycles. The van der Waals surface area contributed by atoms with Gasteiger partial charge in [-0.25, -0.2) is 9.78 Å². The van der Waals surface area contributed by atoms with Gasteiger partial charge in [-0.1, -0.05) is 23.7 Å². The quantitative estimate of drug-likeness (QED) is 0.265. The van der Waals surface area contributed by atoms with Gasteiger partial charge in [0.15, 0.2) is 0 Å². The number of halogens is 1. The smallest absolute Gasteiger partial charge is 0.410 e. The third-order valence-corrected chi connectivity index (χ3v) is 8.69. The molecule has 9 heteroatoms. The Bertz CT molecular complexity index is 1560. The van der Waals surface area contributed by atoms with Gasteiger partial charge < -0.3 is 14.4 Å². The second kappa shape index (κ2) is 9.99. The molecule has 2 fully saturated rings. The Morgan fingerprint density at radius 1 is 1.03 bits per heavy atom. The minimum absolute atomic E-state index is 0.0326. The van der Waals surface area contributed by atoms with E-state index in [-0.39, 0.29) is 29.8 Å². The number of hydrogen-bond donors (Lipinski definition) is 0. The number of benzene rings is 2. The van der Waals surface area contributed by atoms with Crippen LogP contribution in [-0.4, -0.2) is 44.3 Å². The monoisotopic (exact) mass is 563 g/mol. The van der Waals surface area contributed by atoms with Crippen molar-refractivity contribution in [3.63, 3.8) is 0 Å². The van der Waals surface area contributed by atoms with Gasteiger partial charge in [-0.3, -0.25) is 9.36 Å². The molecule has 2 bridgehead atoms. The third kappa shape index (κ3) is 5.28. The Kier molecular flexibility index (Phi) is 6.63. The molecule has 4 aromatic rings. The van der Waals surface area contributed by atoms with Gasteiger partial charge in [0, 0.05) is 34.8 Å². The lowest BCUT2D eigenvalue weighted by Gasteiger charge is -2.39. The molecular weight excluding hydrogens is 534 g/mol. The van der Waals surface area contributed by atoms with E-state index in [2.05, 4.69) is 4.98 Å². The molecule has 7 nitrogen and oxygen atoms in total. The minimum Gasteiger partial charge on any atom is -0.490 e. The van der Waals surface area contributed by atoms with Crippen molar-refractivity contribution < 1.29 is 14.3 Å². The van der Waals surface area contributed by atoms with Gasteiger partial charge in [0.1, 0.15) is 28.5 Å². The van der Waals surface area contributed by atoms with Gasteiger partial charge >= 0.3 is 6.09 Å². The molecule has 0 spiro atoms. The van der Waals surface area contributed by atoms with Crippen LogP contribution in [0.3, 0.4) is 0 Å². The van der Waals surface area contributed by atoms with Crippen molar-refractivity contribution in [3.8, 4) is 21.9 Å². The fourth-order valence-electron chi connectivity index (χ4n) is 5.57. The molecule has 2 aliphatic rings. The summed E-state index contributed by atoms with van der Waals surface area (Å²) < 4.78 is 14.1. The average Bonchev–Trinajstić information content (AvgIpc) is 3.44. The molecule has 39 heavy (non-hydrogen) atoms. The number of aromatic nitrogens is 2. The number of fused-ring (bicyclic) bond motifs is 3. The van der Waals surface area contributed by atoms with Crippen molar-refractivity contribution in [2.45, 2.75) is 70.2 Å². The van der Waals surface area contributed by atoms with Gasteiger partial charge in [-0.05, 0) is 81.6 Å². The molecule has 2 saturated heterocycles. The Balaban J connectivity index is 1.16. The highest BCUT2D eigenvalue weighted by atomic mass is 35.5. The number of rotatable bonds is 4. The lowest BCUT2D eigenvalue weighted by Crippen LogP contribution is -2.50. The van der Waals surface area contributed by atoms with Crippen LogP contribution in [0.25, 0.3) is 26.3 Å². The molecule has 0 radical (unpaired) electrons. The van der Waals surface area contributed by atoms with Gasteiger partial charge in [-0.2, -0.15) is 0 Å². The van der Waals surface area contributed by atoms with E-state index >= 15 is 0 Å². The lowest BCUT2D eigenvalue weighted by molar-refractivity contribution is -0.00707. The van der Waals surface area contributed by atoms with Crippen LogP contribution in [0.4, 0.5) is 4.79 Å². The van der Waals surface area contributed by atoms with E-state index in [1.807, 2.05) is 80.3 Å². The number of hydrogen-bond acceptors (Lipinski definition) is 6. The number of amides is 1. The Labute approximate surface area is 235 Å². The summed E-state index contributed by atoms with van der Waals surface area (Å²) in [6.45, 7) is 5.69. The predicted molar refractivity (Wildman–Crippen MR) is 154 cm³/mol. The molecule has 2 aromatic carbocycles. The maximum Gasteiger partial charge on any atom is 0.410 e. The molecule has 4 heterocycles. The van der Waals surface area contributed by atoms with Gasteiger partial charge in [0.25, 0.3) is 5.56 Å². The average molecular weight is 564 g/mol. The Morgan fingerprint density at radius 2 is 1.69 bits per heavy atom. The summed E-state index contributed by atoms with van der Waals surface area (Å²) in [5.41, 5.74) is 1.79. The molecule has 6 rings (SSSR count).